The van der Waals surface area contributed by atoms with Crippen molar-refractivity contribution in [2.75, 3.05) is 6.54 Å². The average Bonchev–Trinajstić information content (AvgIpc) is 2.77. The minimum absolute atomic E-state index is 0.395. The van der Waals surface area contributed by atoms with Crippen molar-refractivity contribution in [1.29, 1.82) is 0 Å². The summed E-state index contributed by atoms with van der Waals surface area (Å²) in [4.78, 5) is 1.55. The lowest BCUT2D eigenvalue weighted by Gasteiger charge is -2.27. The first-order valence-corrected chi connectivity index (χ1v) is 7.01. The zero-order chi connectivity index (χ0) is 11.8. The molecule has 2 heterocycles. The summed E-state index contributed by atoms with van der Waals surface area (Å²) in [5.41, 5.74) is 5.73. The molecule has 0 fully saturated rings. The van der Waals surface area contributed by atoms with Crippen LogP contribution in [-0.4, -0.2) is 6.54 Å². The molecule has 1 aliphatic heterocycles. The molecule has 1 nitrogen and oxygen atoms in total. The van der Waals surface area contributed by atoms with Gasteiger partial charge in [-0.25, -0.2) is 0 Å². The van der Waals surface area contributed by atoms with E-state index in [4.69, 9.17) is 0 Å². The average molecular weight is 243 g/mol. The SMILES string of the molecule is Cc1cccc(C)c1C1NCCc2sccc21. The maximum Gasteiger partial charge on any atom is 0.0593 e. The Bertz CT molecular complexity index is 521. The van der Waals surface area contributed by atoms with Crippen LogP contribution in [0, 0.1) is 13.8 Å². The second-order valence-corrected chi connectivity index (χ2v) is 5.74. The summed E-state index contributed by atoms with van der Waals surface area (Å²) in [6, 6.07) is 9.25. The highest BCUT2D eigenvalue weighted by Gasteiger charge is 2.24. The van der Waals surface area contributed by atoms with E-state index in [1.165, 1.54) is 28.7 Å². The van der Waals surface area contributed by atoms with Gasteiger partial charge in [-0.2, -0.15) is 0 Å². The van der Waals surface area contributed by atoms with E-state index in [1.807, 2.05) is 11.3 Å². The molecule has 0 saturated heterocycles. The zero-order valence-electron chi connectivity index (χ0n) is 10.3. The monoisotopic (exact) mass is 243 g/mol. The van der Waals surface area contributed by atoms with Gasteiger partial charge < -0.3 is 5.32 Å². The Morgan fingerprint density at radius 3 is 2.71 bits per heavy atom. The van der Waals surface area contributed by atoms with E-state index < -0.39 is 0 Å². The van der Waals surface area contributed by atoms with Crippen LogP contribution in [0.3, 0.4) is 0 Å². The van der Waals surface area contributed by atoms with Gasteiger partial charge in [0.2, 0.25) is 0 Å². The van der Waals surface area contributed by atoms with Gasteiger partial charge in [-0.3, -0.25) is 0 Å². The molecule has 0 bridgehead atoms. The zero-order valence-corrected chi connectivity index (χ0v) is 11.1. The largest absolute Gasteiger partial charge is 0.306 e. The number of rotatable bonds is 1. The first-order chi connectivity index (χ1) is 8.27. The highest BCUT2D eigenvalue weighted by atomic mass is 32.1. The van der Waals surface area contributed by atoms with Crippen LogP contribution in [-0.2, 0) is 6.42 Å². The van der Waals surface area contributed by atoms with E-state index >= 15 is 0 Å². The molecule has 0 aliphatic carbocycles. The Morgan fingerprint density at radius 1 is 1.18 bits per heavy atom. The van der Waals surface area contributed by atoms with Gasteiger partial charge in [0.05, 0.1) is 6.04 Å². The van der Waals surface area contributed by atoms with Crippen LogP contribution >= 0.6 is 11.3 Å². The molecule has 1 aromatic carbocycles. The van der Waals surface area contributed by atoms with Crippen molar-refractivity contribution in [3.05, 3.63) is 56.8 Å². The van der Waals surface area contributed by atoms with Crippen molar-refractivity contribution in [2.24, 2.45) is 0 Å². The predicted octanol–water partition coefficient (Wildman–Crippen LogP) is 3.60. The summed E-state index contributed by atoms with van der Waals surface area (Å²) in [7, 11) is 0. The maximum absolute atomic E-state index is 3.67. The molecular formula is C15H17NS. The molecule has 1 aromatic heterocycles. The predicted molar refractivity (Wildman–Crippen MR) is 73.8 cm³/mol. The van der Waals surface area contributed by atoms with Crippen LogP contribution in [0.25, 0.3) is 0 Å². The normalized spacial score (nSPS) is 19.1. The molecule has 88 valence electrons. The Balaban J connectivity index is 2.13. The van der Waals surface area contributed by atoms with Crippen LogP contribution in [0.2, 0.25) is 0 Å². The van der Waals surface area contributed by atoms with E-state index in [1.54, 1.807) is 4.88 Å². The number of aryl methyl sites for hydroxylation is 2. The second kappa shape index (κ2) is 4.28. The van der Waals surface area contributed by atoms with Gasteiger partial charge in [0, 0.05) is 11.4 Å². The molecule has 0 spiro atoms. The van der Waals surface area contributed by atoms with Crippen molar-refractivity contribution in [3.63, 3.8) is 0 Å². The minimum atomic E-state index is 0.395. The van der Waals surface area contributed by atoms with Gasteiger partial charge >= 0.3 is 0 Å². The van der Waals surface area contributed by atoms with Crippen LogP contribution in [0.1, 0.15) is 33.2 Å². The number of thiophene rings is 1. The minimum Gasteiger partial charge on any atom is -0.306 e. The topological polar surface area (TPSA) is 12.0 Å². The van der Waals surface area contributed by atoms with Gasteiger partial charge in [0.25, 0.3) is 0 Å². The lowest BCUT2D eigenvalue weighted by Crippen LogP contribution is -2.30. The number of benzene rings is 1. The fourth-order valence-electron chi connectivity index (χ4n) is 2.79. The fraction of sp³-hybridized carbons (Fsp3) is 0.333. The fourth-order valence-corrected chi connectivity index (χ4v) is 3.71. The molecule has 3 rings (SSSR count). The summed E-state index contributed by atoms with van der Waals surface area (Å²) < 4.78 is 0. The van der Waals surface area contributed by atoms with E-state index in [9.17, 15) is 0 Å². The highest BCUT2D eigenvalue weighted by Crippen LogP contribution is 2.34. The standard InChI is InChI=1S/C15H17NS/c1-10-4-3-5-11(2)14(10)15-12-7-9-17-13(12)6-8-16-15/h3-5,7,9,15-16H,6,8H2,1-2H3. The number of fused-ring (bicyclic) bond motifs is 1. The summed E-state index contributed by atoms with van der Waals surface area (Å²) in [5, 5.41) is 5.89. The first-order valence-electron chi connectivity index (χ1n) is 6.13. The second-order valence-electron chi connectivity index (χ2n) is 4.74. The lowest BCUT2D eigenvalue weighted by molar-refractivity contribution is 0.570. The van der Waals surface area contributed by atoms with E-state index in [0.29, 0.717) is 6.04 Å². The van der Waals surface area contributed by atoms with Crippen molar-refractivity contribution in [3.8, 4) is 0 Å². The molecule has 1 aliphatic rings. The van der Waals surface area contributed by atoms with Crippen LogP contribution in [0.4, 0.5) is 0 Å². The van der Waals surface area contributed by atoms with Gasteiger partial charge in [-0.05, 0) is 54.0 Å². The number of nitrogens with one attached hydrogen (secondary N) is 1. The molecule has 1 atom stereocenters. The number of hydrogen-bond donors (Lipinski definition) is 1. The molecule has 0 saturated carbocycles. The smallest absolute Gasteiger partial charge is 0.0593 e. The van der Waals surface area contributed by atoms with Gasteiger partial charge in [-0.1, -0.05) is 18.2 Å². The van der Waals surface area contributed by atoms with Crippen molar-refractivity contribution < 1.29 is 0 Å². The van der Waals surface area contributed by atoms with Crippen LogP contribution in [0.15, 0.2) is 29.6 Å². The molecule has 1 unspecified atom stereocenters. The van der Waals surface area contributed by atoms with E-state index in [2.05, 4.69) is 48.8 Å². The van der Waals surface area contributed by atoms with Gasteiger partial charge in [-0.15, -0.1) is 11.3 Å². The highest BCUT2D eigenvalue weighted by molar-refractivity contribution is 7.10. The first kappa shape index (κ1) is 11.0. The molecule has 17 heavy (non-hydrogen) atoms. The third-order valence-corrected chi connectivity index (χ3v) is 4.62. The van der Waals surface area contributed by atoms with Gasteiger partial charge in [0.1, 0.15) is 0 Å². The summed E-state index contributed by atoms with van der Waals surface area (Å²) in [6.07, 6.45) is 1.18. The molecule has 2 heteroatoms. The third-order valence-electron chi connectivity index (χ3n) is 3.62. The Hall–Kier alpha value is -1.12. The molecule has 0 radical (unpaired) electrons. The van der Waals surface area contributed by atoms with E-state index in [0.717, 1.165) is 6.54 Å². The maximum atomic E-state index is 3.67. The lowest BCUT2D eigenvalue weighted by atomic mass is 9.89. The Labute approximate surface area is 106 Å². The Morgan fingerprint density at radius 2 is 1.94 bits per heavy atom. The number of hydrogen-bond acceptors (Lipinski definition) is 2. The molecular weight excluding hydrogens is 226 g/mol. The van der Waals surface area contributed by atoms with E-state index in [-0.39, 0.29) is 0 Å². The summed E-state index contributed by atoms with van der Waals surface area (Å²) in [5.74, 6) is 0. The van der Waals surface area contributed by atoms with Crippen molar-refractivity contribution in [1.82, 2.24) is 5.32 Å². The third kappa shape index (κ3) is 1.81. The molecule has 2 aromatic rings. The van der Waals surface area contributed by atoms with Gasteiger partial charge in [0.15, 0.2) is 0 Å². The molecule has 1 N–H and O–H groups in total. The Kier molecular flexibility index (Phi) is 2.77. The quantitative estimate of drug-likeness (QED) is 0.807. The summed E-state index contributed by atoms with van der Waals surface area (Å²) in [6.45, 7) is 5.52. The molecule has 0 amide bonds. The summed E-state index contributed by atoms with van der Waals surface area (Å²) >= 11 is 1.90. The van der Waals surface area contributed by atoms with Crippen LogP contribution in [0.5, 0.6) is 0 Å². The van der Waals surface area contributed by atoms with Crippen molar-refractivity contribution >= 4 is 11.3 Å². The van der Waals surface area contributed by atoms with Crippen LogP contribution < -0.4 is 5.32 Å². The van der Waals surface area contributed by atoms with Crippen molar-refractivity contribution in [2.45, 2.75) is 26.3 Å².